The Labute approximate surface area is 83.5 Å². The van der Waals surface area contributed by atoms with Gasteiger partial charge in [-0.15, -0.1) is 0 Å². The van der Waals surface area contributed by atoms with E-state index < -0.39 is 0 Å². The highest BCUT2D eigenvalue weighted by Crippen LogP contribution is 2.12. The number of guanidine groups is 1. The molecule has 0 spiro atoms. The predicted octanol–water partition coefficient (Wildman–Crippen LogP) is 1.47. The quantitative estimate of drug-likeness (QED) is 0.314. The molecule has 1 N–H and O–H groups in total. The van der Waals surface area contributed by atoms with Crippen LogP contribution in [0.15, 0.2) is 30.3 Å². The molecular weight excluding hydrogens is 176 g/mol. The first-order chi connectivity index (χ1) is 6.66. The molecule has 0 aliphatic carbocycles. The van der Waals surface area contributed by atoms with Crippen molar-refractivity contribution in [2.75, 3.05) is 19.0 Å². The average Bonchev–Trinajstić information content (AvgIpc) is 2.20. The number of nitrogens with one attached hydrogen (secondary N) is 1. The highest BCUT2D eigenvalue weighted by molar-refractivity contribution is 5.95. The molecule has 0 amide bonds. The van der Waals surface area contributed by atoms with Crippen molar-refractivity contribution < 1.29 is 0 Å². The molecule has 72 valence electrons. The monoisotopic (exact) mass is 188 g/mol. The van der Waals surface area contributed by atoms with Crippen LogP contribution in [0.25, 0.3) is 0 Å². The van der Waals surface area contributed by atoms with E-state index in [0.717, 1.165) is 0 Å². The maximum atomic E-state index is 8.91. The van der Waals surface area contributed by atoms with Crippen LogP contribution in [-0.2, 0) is 0 Å². The Morgan fingerprint density at radius 2 is 1.86 bits per heavy atom. The van der Waals surface area contributed by atoms with Gasteiger partial charge in [-0.2, -0.15) is 5.26 Å². The van der Waals surface area contributed by atoms with Gasteiger partial charge < -0.3 is 4.90 Å². The van der Waals surface area contributed by atoms with E-state index in [9.17, 15) is 0 Å². The van der Waals surface area contributed by atoms with E-state index in [4.69, 9.17) is 10.7 Å². The van der Waals surface area contributed by atoms with Crippen molar-refractivity contribution in [1.82, 2.24) is 4.90 Å². The minimum absolute atomic E-state index is 0.152. The molecule has 0 radical (unpaired) electrons. The summed E-state index contributed by atoms with van der Waals surface area (Å²) in [5.41, 5.74) is 0.703. The summed E-state index contributed by atoms with van der Waals surface area (Å²) >= 11 is 0. The maximum Gasteiger partial charge on any atom is 0.211 e. The standard InChI is InChI=1S/C10H12N4/c1-13(2)10(12)14(8-11)9-6-4-3-5-7-9/h3-7,12H,1-2H3. The Morgan fingerprint density at radius 3 is 2.29 bits per heavy atom. The predicted molar refractivity (Wildman–Crippen MR) is 55.9 cm³/mol. The summed E-state index contributed by atoms with van der Waals surface area (Å²) in [6.45, 7) is 0. The maximum absolute atomic E-state index is 8.91. The minimum Gasteiger partial charge on any atom is -0.348 e. The van der Waals surface area contributed by atoms with Gasteiger partial charge in [-0.25, -0.2) is 4.90 Å². The minimum atomic E-state index is 0.152. The molecule has 0 atom stereocenters. The fraction of sp³-hybridized carbons (Fsp3) is 0.200. The molecule has 4 heteroatoms. The van der Waals surface area contributed by atoms with Crippen LogP contribution in [0.3, 0.4) is 0 Å². The molecule has 1 aromatic rings. The lowest BCUT2D eigenvalue weighted by Gasteiger charge is -2.21. The molecule has 0 fully saturated rings. The molecule has 4 nitrogen and oxygen atoms in total. The van der Waals surface area contributed by atoms with E-state index in [1.54, 1.807) is 31.1 Å². The topological polar surface area (TPSA) is 54.1 Å². The van der Waals surface area contributed by atoms with E-state index in [0.29, 0.717) is 5.69 Å². The molecular formula is C10H12N4. The van der Waals surface area contributed by atoms with E-state index in [-0.39, 0.29) is 5.96 Å². The molecule has 0 aromatic heterocycles. The van der Waals surface area contributed by atoms with Crippen molar-refractivity contribution in [3.63, 3.8) is 0 Å². The molecule has 1 aromatic carbocycles. The zero-order valence-corrected chi connectivity index (χ0v) is 8.23. The fourth-order valence-electron chi connectivity index (χ4n) is 1.00. The summed E-state index contributed by atoms with van der Waals surface area (Å²) in [4.78, 5) is 2.84. The molecule has 0 bridgehead atoms. The second kappa shape index (κ2) is 4.28. The van der Waals surface area contributed by atoms with Gasteiger partial charge in [0.1, 0.15) is 0 Å². The van der Waals surface area contributed by atoms with Crippen LogP contribution in [0.5, 0.6) is 0 Å². The lowest BCUT2D eigenvalue weighted by molar-refractivity contribution is 0.607. The van der Waals surface area contributed by atoms with Gasteiger partial charge in [-0.3, -0.25) is 5.41 Å². The van der Waals surface area contributed by atoms with Crippen molar-refractivity contribution in [2.45, 2.75) is 0 Å². The molecule has 0 heterocycles. The summed E-state index contributed by atoms with van der Waals surface area (Å²) in [6.07, 6.45) is 1.97. The third-order valence-corrected chi connectivity index (χ3v) is 1.75. The molecule has 0 saturated heterocycles. The Bertz CT molecular complexity index is 350. The number of nitriles is 1. The third kappa shape index (κ3) is 2.02. The average molecular weight is 188 g/mol. The molecule has 0 aliphatic heterocycles. The van der Waals surface area contributed by atoms with Crippen molar-refractivity contribution in [1.29, 1.82) is 10.7 Å². The summed E-state index contributed by atoms with van der Waals surface area (Å²) in [5.74, 6) is 0.152. The molecule has 0 unspecified atom stereocenters. The Hall–Kier alpha value is -2.02. The normalized spacial score (nSPS) is 8.93. The smallest absolute Gasteiger partial charge is 0.211 e. The zero-order chi connectivity index (χ0) is 10.6. The van der Waals surface area contributed by atoms with Crippen molar-refractivity contribution in [3.8, 4) is 6.19 Å². The van der Waals surface area contributed by atoms with Crippen LogP contribution < -0.4 is 4.90 Å². The number of benzene rings is 1. The van der Waals surface area contributed by atoms with Gasteiger partial charge in [0.15, 0.2) is 6.19 Å². The van der Waals surface area contributed by atoms with Gasteiger partial charge in [0.25, 0.3) is 0 Å². The van der Waals surface area contributed by atoms with Crippen LogP contribution in [-0.4, -0.2) is 25.0 Å². The first-order valence-electron chi connectivity index (χ1n) is 4.17. The first-order valence-corrected chi connectivity index (χ1v) is 4.17. The summed E-state index contributed by atoms with van der Waals surface area (Å²) in [7, 11) is 3.46. The molecule has 14 heavy (non-hydrogen) atoms. The van der Waals surface area contributed by atoms with Crippen LogP contribution in [0.4, 0.5) is 5.69 Å². The van der Waals surface area contributed by atoms with Gasteiger partial charge in [0, 0.05) is 14.1 Å². The summed E-state index contributed by atoms with van der Waals surface area (Å²) in [5, 5.41) is 16.6. The summed E-state index contributed by atoms with van der Waals surface area (Å²) < 4.78 is 0. The number of rotatable bonds is 1. The first kappa shape index (κ1) is 10.1. The van der Waals surface area contributed by atoms with E-state index in [1.165, 1.54) is 4.90 Å². The highest BCUT2D eigenvalue weighted by Gasteiger charge is 2.12. The Morgan fingerprint density at radius 1 is 1.29 bits per heavy atom. The Balaban J connectivity index is 2.96. The highest BCUT2D eigenvalue weighted by atomic mass is 15.3. The lowest BCUT2D eigenvalue weighted by atomic mass is 10.3. The van der Waals surface area contributed by atoms with Gasteiger partial charge in [-0.05, 0) is 12.1 Å². The van der Waals surface area contributed by atoms with Gasteiger partial charge in [0.2, 0.25) is 5.96 Å². The number of para-hydroxylation sites is 1. The SMILES string of the molecule is CN(C)C(=N)N(C#N)c1ccccc1. The third-order valence-electron chi connectivity index (χ3n) is 1.75. The number of nitrogens with zero attached hydrogens (tertiary/aromatic N) is 3. The molecule has 0 aliphatic rings. The zero-order valence-electron chi connectivity index (χ0n) is 8.23. The van der Waals surface area contributed by atoms with Gasteiger partial charge >= 0.3 is 0 Å². The van der Waals surface area contributed by atoms with Crippen molar-refractivity contribution >= 4 is 11.6 Å². The summed E-state index contributed by atoms with van der Waals surface area (Å²) in [6, 6.07) is 9.13. The van der Waals surface area contributed by atoms with Crippen molar-refractivity contribution in [3.05, 3.63) is 30.3 Å². The fourth-order valence-corrected chi connectivity index (χ4v) is 1.00. The number of anilines is 1. The molecule has 1 rings (SSSR count). The number of hydrogen-bond donors (Lipinski definition) is 1. The largest absolute Gasteiger partial charge is 0.348 e. The van der Waals surface area contributed by atoms with Crippen LogP contribution in [0.2, 0.25) is 0 Å². The van der Waals surface area contributed by atoms with E-state index in [2.05, 4.69) is 0 Å². The van der Waals surface area contributed by atoms with Gasteiger partial charge in [0.05, 0.1) is 5.69 Å². The van der Waals surface area contributed by atoms with E-state index >= 15 is 0 Å². The van der Waals surface area contributed by atoms with Crippen LogP contribution >= 0.6 is 0 Å². The van der Waals surface area contributed by atoms with Crippen LogP contribution in [0.1, 0.15) is 0 Å². The van der Waals surface area contributed by atoms with Gasteiger partial charge in [-0.1, -0.05) is 18.2 Å². The second-order valence-electron chi connectivity index (χ2n) is 2.99. The van der Waals surface area contributed by atoms with Crippen molar-refractivity contribution in [2.24, 2.45) is 0 Å². The number of hydrogen-bond acceptors (Lipinski definition) is 2. The lowest BCUT2D eigenvalue weighted by Crippen LogP contribution is -2.36. The Kier molecular flexibility index (Phi) is 3.08. The van der Waals surface area contributed by atoms with Crippen LogP contribution in [0, 0.1) is 16.9 Å². The second-order valence-corrected chi connectivity index (χ2v) is 2.99. The van der Waals surface area contributed by atoms with E-state index in [1.807, 2.05) is 24.4 Å². The molecule has 0 saturated carbocycles.